The Morgan fingerprint density at radius 2 is 1.80 bits per heavy atom. The molecule has 0 spiro atoms. The molecule has 0 N–H and O–H groups in total. The third-order valence-corrected chi connectivity index (χ3v) is 7.16. The van der Waals surface area contributed by atoms with E-state index in [2.05, 4.69) is 41.5 Å². The van der Waals surface area contributed by atoms with Crippen molar-refractivity contribution in [2.75, 3.05) is 6.66 Å². The Morgan fingerprint density at radius 1 is 1.25 bits per heavy atom. The molecular formula is C16H31BO2P. The van der Waals surface area contributed by atoms with Crippen LogP contribution >= 0.6 is 7.92 Å². The van der Waals surface area contributed by atoms with Gasteiger partial charge >= 0.3 is 5.71 Å². The van der Waals surface area contributed by atoms with Gasteiger partial charge in [-0.15, -0.1) is 0 Å². The van der Waals surface area contributed by atoms with Crippen molar-refractivity contribution in [2.45, 2.75) is 72.1 Å². The SMILES string of the molecule is CC(C)[C@H]1CC[C@H](C)C[C@@H]1OC(=O)P(C)C(C)(C)C.[B]. The molecule has 0 heterocycles. The van der Waals surface area contributed by atoms with Gasteiger partial charge in [0.15, 0.2) is 0 Å². The molecule has 20 heavy (non-hydrogen) atoms. The van der Waals surface area contributed by atoms with Gasteiger partial charge in [-0.1, -0.05) is 48.0 Å². The van der Waals surface area contributed by atoms with Gasteiger partial charge in [-0.25, -0.2) is 4.79 Å². The minimum atomic E-state index is -0.721. The highest BCUT2D eigenvalue weighted by Crippen LogP contribution is 2.48. The molecule has 1 saturated carbocycles. The third kappa shape index (κ3) is 5.39. The number of rotatable bonds is 3. The van der Waals surface area contributed by atoms with Crippen molar-refractivity contribution in [2.24, 2.45) is 17.8 Å². The molecule has 1 fully saturated rings. The highest BCUT2D eigenvalue weighted by atomic mass is 31.1. The number of ether oxygens (including phenoxy) is 1. The second-order valence-corrected chi connectivity index (χ2v) is 10.3. The maximum absolute atomic E-state index is 12.3. The standard InChI is InChI=1S/C16H31O2P.B/c1-11(2)13-9-8-12(3)10-14(13)18-15(17)19(7)16(4,5)6;/h11-14H,8-10H2,1-7H3;/t12-,13+,14-,19?;/m0./s1. The number of hydrogen-bond donors (Lipinski definition) is 0. The van der Waals surface area contributed by atoms with Gasteiger partial charge in [0, 0.05) is 16.3 Å². The molecule has 2 nitrogen and oxygen atoms in total. The second-order valence-electron chi connectivity index (χ2n) is 7.48. The van der Waals surface area contributed by atoms with Crippen LogP contribution in [0, 0.1) is 17.8 Å². The summed E-state index contributed by atoms with van der Waals surface area (Å²) < 4.78 is 5.91. The summed E-state index contributed by atoms with van der Waals surface area (Å²) in [6.07, 6.45) is 3.66. The van der Waals surface area contributed by atoms with E-state index in [1.54, 1.807) is 0 Å². The van der Waals surface area contributed by atoms with Gasteiger partial charge in [0.25, 0.3) is 0 Å². The van der Waals surface area contributed by atoms with Crippen molar-refractivity contribution in [3.05, 3.63) is 0 Å². The lowest BCUT2D eigenvalue weighted by atomic mass is 9.75. The summed E-state index contributed by atoms with van der Waals surface area (Å²) in [6, 6.07) is 0. The summed E-state index contributed by atoms with van der Waals surface area (Å²) in [5.41, 5.74) is 0.0484. The first kappa shape index (κ1) is 20.0. The molecule has 1 unspecified atom stereocenters. The summed E-state index contributed by atoms with van der Waals surface area (Å²) in [7, 11) is -0.721. The minimum absolute atomic E-state index is 0. The fraction of sp³-hybridized carbons (Fsp3) is 0.938. The molecule has 0 amide bonds. The molecule has 115 valence electrons. The number of carbonyl (C=O) groups is 1. The molecule has 0 aromatic rings. The fourth-order valence-electron chi connectivity index (χ4n) is 2.73. The summed E-state index contributed by atoms with van der Waals surface area (Å²) >= 11 is 0. The second kappa shape index (κ2) is 7.83. The molecule has 1 rings (SSSR count). The van der Waals surface area contributed by atoms with Crippen LogP contribution in [-0.2, 0) is 4.74 Å². The van der Waals surface area contributed by atoms with Gasteiger partial charge in [0.1, 0.15) is 6.10 Å². The Balaban J connectivity index is 0.00000361. The largest absolute Gasteiger partial charge is 0.459 e. The third-order valence-electron chi connectivity index (χ3n) is 4.49. The zero-order valence-electron chi connectivity index (χ0n) is 14.3. The van der Waals surface area contributed by atoms with Crippen LogP contribution in [0.3, 0.4) is 0 Å². The highest BCUT2D eigenvalue weighted by Gasteiger charge is 2.36. The van der Waals surface area contributed by atoms with Crippen molar-refractivity contribution in [3.63, 3.8) is 0 Å². The predicted octanol–water partition coefficient (Wildman–Crippen LogP) is 5.11. The van der Waals surface area contributed by atoms with Crippen molar-refractivity contribution in [3.8, 4) is 0 Å². The van der Waals surface area contributed by atoms with E-state index in [-0.39, 0.29) is 25.4 Å². The molecule has 0 saturated heterocycles. The van der Waals surface area contributed by atoms with Crippen molar-refractivity contribution < 1.29 is 9.53 Å². The predicted molar refractivity (Wildman–Crippen MR) is 90.0 cm³/mol. The maximum atomic E-state index is 12.3. The Bertz CT molecular complexity index is 312. The lowest BCUT2D eigenvalue weighted by Crippen LogP contribution is -2.36. The summed E-state index contributed by atoms with van der Waals surface area (Å²) in [5, 5.41) is 0.0417. The van der Waals surface area contributed by atoms with E-state index in [4.69, 9.17) is 4.74 Å². The minimum Gasteiger partial charge on any atom is -0.459 e. The van der Waals surface area contributed by atoms with Crippen LogP contribution in [0.1, 0.15) is 60.8 Å². The average molecular weight is 297 g/mol. The molecule has 0 aromatic heterocycles. The van der Waals surface area contributed by atoms with E-state index in [1.165, 1.54) is 12.8 Å². The molecule has 0 aliphatic heterocycles. The van der Waals surface area contributed by atoms with Gasteiger partial charge in [0.2, 0.25) is 0 Å². The average Bonchev–Trinajstić information content (AvgIpc) is 2.26. The van der Waals surface area contributed by atoms with E-state index in [9.17, 15) is 4.79 Å². The Kier molecular flexibility index (Phi) is 7.81. The molecule has 4 heteroatoms. The van der Waals surface area contributed by atoms with E-state index in [0.717, 1.165) is 6.42 Å². The highest BCUT2D eigenvalue weighted by molar-refractivity contribution is 7.74. The number of carbonyl (C=O) groups excluding carboxylic acids is 1. The van der Waals surface area contributed by atoms with E-state index >= 15 is 0 Å². The molecule has 0 bridgehead atoms. The van der Waals surface area contributed by atoms with Gasteiger partial charge in [0.05, 0.1) is 0 Å². The van der Waals surface area contributed by atoms with E-state index in [0.29, 0.717) is 17.8 Å². The number of hydrogen-bond acceptors (Lipinski definition) is 2. The first-order chi connectivity index (χ1) is 8.62. The first-order valence-electron chi connectivity index (χ1n) is 7.57. The van der Waals surface area contributed by atoms with Crippen LogP contribution in [0.2, 0.25) is 0 Å². The summed E-state index contributed by atoms with van der Waals surface area (Å²) in [5.74, 6) is 1.83. The van der Waals surface area contributed by atoms with Crippen LogP contribution in [0.4, 0.5) is 4.79 Å². The van der Waals surface area contributed by atoms with Crippen molar-refractivity contribution in [1.29, 1.82) is 0 Å². The van der Waals surface area contributed by atoms with Crippen LogP contribution in [0.25, 0.3) is 0 Å². The van der Waals surface area contributed by atoms with Crippen LogP contribution in [0.5, 0.6) is 0 Å². The summed E-state index contributed by atoms with van der Waals surface area (Å²) in [6.45, 7) is 15.2. The van der Waals surface area contributed by atoms with Crippen LogP contribution in [0.15, 0.2) is 0 Å². The van der Waals surface area contributed by atoms with Gasteiger partial charge in [-0.3, -0.25) is 0 Å². The lowest BCUT2D eigenvalue weighted by Gasteiger charge is -2.38. The lowest BCUT2D eigenvalue weighted by molar-refractivity contribution is 0.0179. The molecule has 1 aliphatic carbocycles. The maximum Gasteiger partial charge on any atom is 0.326 e. The van der Waals surface area contributed by atoms with Crippen molar-refractivity contribution >= 4 is 22.0 Å². The van der Waals surface area contributed by atoms with E-state index in [1.807, 2.05) is 6.66 Å². The quantitative estimate of drug-likeness (QED) is 0.534. The molecule has 3 radical (unpaired) electrons. The topological polar surface area (TPSA) is 26.3 Å². The van der Waals surface area contributed by atoms with Gasteiger partial charge in [-0.05, 0) is 42.4 Å². The van der Waals surface area contributed by atoms with Gasteiger partial charge in [-0.2, -0.15) is 0 Å². The molecule has 1 aliphatic rings. The molecular weight excluding hydrogens is 266 g/mol. The zero-order chi connectivity index (χ0) is 14.8. The first-order valence-corrected chi connectivity index (χ1v) is 9.36. The Hall–Kier alpha value is -0.0351. The van der Waals surface area contributed by atoms with Crippen molar-refractivity contribution in [1.82, 2.24) is 0 Å². The summed E-state index contributed by atoms with van der Waals surface area (Å²) in [4.78, 5) is 12.3. The van der Waals surface area contributed by atoms with Crippen LogP contribution in [-0.4, -0.2) is 32.0 Å². The Labute approximate surface area is 128 Å². The molecule has 4 atom stereocenters. The Morgan fingerprint density at radius 3 is 2.25 bits per heavy atom. The smallest absolute Gasteiger partial charge is 0.326 e. The monoisotopic (exact) mass is 297 g/mol. The normalized spacial score (nSPS) is 28.7. The molecule has 0 aromatic carbocycles. The fourth-order valence-corrected chi connectivity index (χ4v) is 3.57. The van der Waals surface area contributed by atoms with Gasteiger partial charge < -0.3 is 4.74 Å². The zero-order valence-corrected chi connectivity index (χ0v) is 15.2. The van der Waals surface area contributed by atoms with E-state index < -0.39 is 7.92 Å². The van der Waals surface area contributed by atoms with Crippen LogP contribution < -0.4 is 0 Å².